The summed E-state index contributed by atoms with van der Waals surface area (Å²) in [4.78, 5) is 41.1. The van der Waals surface area contributed by atoms with E-state index in [0.29, 0.717) is 31.5 Å². The van der Waals surface area contributed by atoms with Crippen molar-refractivity contribution in [3.05, 3.63) is 48.0 Å². The summed E-state index contributed by atoms with van der Waals surface area (Å²) in [6.45, 7) is 3.66. The third-order valence-electron chi connectivity index (χ3n) is 5.20. The highest BCUT2D eigenvalue weighted by Crippen LogP contribution is 2.23. The molecule has 0 unspecified atom stereocenters. The molecule has 0 saturated carbocycles. The van der Waals surface area contributed by atoms with Crippen LogP contribution in [0.2, 0.25) is 0 Å². The SMILES string of the molecule is CCN1C[C@@H]2CC=CC[C@H](NC(=O)c3ccccc3)C(=O)N2[C@H](C(=O)O)C1. The summed E-state index contributed by atoms with van der Waals surface area (Å²) in [6, 6.07) is 6.81. The van der Waals surface area contributed by atoms with Crippen LogP contribution < -0.4 is 5.32 Å². The van der Waals surface area contributed by atoms with Crippen molar-refractivity contribution in [2.75, 3.05) is 19.6 Å². The van der Waals surface area contributed by atoms with Crippen molar-refractivity contribution in [2.45, 2.75) is 37.9 Å². The molecular weight excluding hydrogens is 346 g/mol. The van der Waals surface area contributed by atoms with E-state index >= 15 is 0 Å². The Hall–Kier alpha value is -2.67. The zero-order chi connectivity index (χ0) is 19.4. The minimum Gasteiger partial charge on any atom is -0.480 e. The maximum atomic E-state index is 13.2. The number of nitrogens with one attached hydrogen (secondary N) is 1. The molecule has 7 nitrogen and oxygen atoms in total. The van der Waals surface area contributed by atoms with Gasteiger partial charge in [-0.2, -0.15) is 0 Å². The molecule has 2 N–H and O–H groups in total. The standard InChI is InChI=1S/C20H25N3O4/c1-2-22-12-15-10-6-7-11-16(19(25)23(15)17(13-22)20(26)27)21-18(24)14-8-4-3-5-9-14/h3-9,15-17H,2,10-13H2,1H3,(H,21,24)(H,26,27)/t15-,16-,17-/m0/s1. The Bertz CT molecular complexity index is 734. The number of carboxylic acid groups (broad SMARTS) is 1. The summed E-state index contributed by atoms with van der Waals surface area (Å²) in [5.74, 6) is -1.67. The third-order valence-corrected chi connectivity index (χ3v) is 5.20. The van der Waals surface area contributed by atoms with Gasteiger partial charge in [0.25, 0.3) is 5.91 Å². The Morgan fingerprint density at radius 3 is 2.52 bits per heavy atom. The highest BCUT2D eigenvalue weighted by atomic mass is 16.4. The highest BCUT2D eigenvalue weighted by molar-refractivity contribution is 5.98. The van der Waals surface area contributed by atoms with Crippen molar-refractivity contribution in [2.24, 2.45) is 0 Å². The lowest BCUT2D eigenvalue weighted by Crippen LogP contribution is -2.66. The molecule has 2 amide bonds. The van der Waals surface area contributed by atoms with Gasteiger partial charge in [0.1, 0.15) is 12.1 Å². The van der Waals surface area contributed by atoms with E-state index in [1.54, 1.807) is 24.3 Å². The molecule has 3 rings (SSSR count). The minimum atomic E-state index is -1.01. The summed E-state index contributed by atoms with van der Waals surface area (Å²) in [7, 11) is 0. The molecule has 1 aromatic carbocycles. The van der Waals surface area contributed by atoms with Crippen LogP contribution in [0.15, 0.2) is 42.5 Å². The molecule has 0 bridgehead atoms. The van der Waals surface area contributed by atoms with E-state index < -0.39 is 18.1 Å². The van der Waals surface area contributed by atoms with Crippen LogP contribution in [0.4, 0.5) is 0 Å². The van der Waals surface area contributed by atoms with Crippen molar-refractivity contribution in [1.82, 2.24) is 15.1 Å². The number of likely N-dealkylation sites (N-methyl/N-ethyl adjacent to an activating group) is 1. The second-order valence-corrected chi connectivity index (χ2v) is 6.94. The van der Waals surface area contributed by atoms with Crippen molar-refractivity contribution in [1.29, 1.82) is 0 Å². The monoisotopic (exact) mass is 371 g/mol. The van der Waals surface area contributed by atoms with Crippen LogP contribution in [0.5, 0.6) is 0 Å². The van der Waals surface area contributed by atoms with E-state index in [9.17, 15) is 19.5 Å². The highest BCUT2D eigenvalue weighted by Gasteiger charge is 2.43. The number of piperazine rings is 1. The summed E-state index contributed by atoms with van der Waals surface area (Å²) < 4.78 is 0. The molecule has 2 heterocycles. The van der Waals surface area contributed by atoms with Gasteiger partial charge >= 0.3 is 5.97 Å². The fourth-order valence-corrected chi connectivity index (χ4v) is 3.74. The van der Waals surface area contributed by atoms with Gasteiger partial charge in [0.15, 0.2) is 0 Å². The molecule has 1 saturated heterocycles. The third kappa shape index (κ3) is 4.19. The number of rotatable bonds is 4. The van der Waals surface area contributed by atoms with Crippen LogP contribution in [0.25, 0.3) is 0 Å². The maximum Gasteiger partial charge on any atom is 0.327 e. The van der Waals surface area contributed by atoms with Crippen LogP contribution in [0, 0.1) is 0 Å². The normalized spacial score (nSPS) is 26.0. The molecule has 0 aromatic heterocycles. The Kier molecular flexibility index (Phi) is 5.91. The predicted octanol–water partition coefficient (Wildman–Crippen LogP) is 1.12. The summed E-state index contributed by atoms with van der Waals surface area (Å²) >= 11 is 0. The zero-order valence-electron chi connectivity index (χ0n) is 15.4. The first kappa shape index (κ1) is 19.1. The van der Waals surface area contributed by atoms with Crippen molar-refractivity contribution in [3.8, 4) is 0 Å². The van der Waals surface area contributed by atoms with Crippen LogP contribution in [0.3, 0.4) is 0 Å². The Labute approximate surface area is 158 Å². The molecule has 1 aromatic rings. The second kappa shape index (κ2) is 8.35. The molecule has 7 heteroatoms. The molecule has 144 valence electrons. The average molecular weight is 371 g/mol. The topological polar surface area (TPSA) is 90.0 Å². The minimum absolute atomic E-state index is 0.208. The molecule has 2 aliphatic heterocycles. The Balaban J connectivity index is 1.84. The number of carbonyl (C=O) groups is 3. The summed E-state index contributed by atoms with van der Waals surface area (Å²) in [6.07, 6.45) is 4.84. The van der Waals surface area contributed by atoms with Crippen LogP contribution in [0.1, 0.15) is 30.1 Å². The van der Waals surface area contributed by atoms with Crippen LogP contribution >= 0.6 is 0 Å². The number of hydrogen-bond donors (Lipinski definition) is 2. The predicted molar refractivity (Wildman–Crippen MR) is 100 cm³/mol. The van der Waals surface area contributed by atoms with E-state index in [1.165, 1.54) is 4.90 Å². The molecular formula is C20H25N3O4. The largest absolute Gasteiger partial charge is 0.480 e. The quantitative estimate of drug-likeness (QED) is 0.774. The number of carbonyl (C=O) groups excluding carboxylic acids is 2. The van der Waals surface area contributed by atoms with Gasteiger partial charge in [0.2, 0.25) is 5.91 Å². The van der Waals surface area contributed by atoms with Gasteiger partial charge in [-0.25, -0.2) is 4.79 Å². The van der Waals surface area contributed by atoms with Gasteiger partial charge in [0, 0.05) is 24.7 Å². The van der Waals surface area contributed by atoms with Crippen molar-refractivity contribution in [3.63, 3.8) is 0 Å². The number of nitrogens with zero attached hydrogens (tertiary/aromatic N) is 2. The van der Waals surface area contributed by atoms with Gasteiger partial charge in [-0.1, -0.05) is 37.3 Å². The first-order chi connectivity index (χ1) is 13.0. The molecule has 3 atom stereocenters. The molecule has 2 aliphatic rings. The lowest BCUT2D eigenvalue weighted by molar-refractivity contribution is -0.158. The summed E-state index contributed by atoms with van der Waals surface area (Å²) in [5.41, 5.74) is 0.471. The fourth-order valence-electron chi connectivity index (χ4n) is 3.74. The Morgan fingerprint density at radius 1 is 1.15 bits per heavy atom. The number of aliphatic carboxylic acids is 1. The lowest BCUT2D eigenvalue weighted by atomic mass is 9.97. The van der Waals surface area contributed by atoms with Gasteiger partial charge in [-0.15, -0.1) is 0 Å². The van der Waals surface area contributed by atoms with E-state index in [-0.39, 0.29) is 17.9 Å². The maximum absolute atomic E-state index is 13.2. The van der Waals surface area contributed by atoms with Gasteiger partial charge in [0.05, 0.1) is 0 Å². The molecule has 27 heavy (non-hydrogen) atoms. The molecule has 0 radical (unpaired) electrons. The number of hydrogen-bond acceptors (Lipinski definition) is 4. The first-order valence-electron chi connectivity index (χ1n) is 9.29. The number of fused-ring (bicyclic) bond motifs is 1. The van der Waals surface area contributed by atoms with E-state index in [2.05, 4.69) is 10.2 Å². The fraction of sp³-hybridized carbons (Fsp3) is 0.450. The summed E-state index contributed by atoms with van der Waals surface area (Å²) in [5, 5.41) is 12.5. The van der Waals surface area contributed by atoms with Crippen molar-refractivity contribution >= 4 is 17.8 Å². The van der Waals surface area contributed by atoms with Crippen molar-refractivity contribution < 1.29 is 19.5 Å². The number of amides is 2. The smallest absolute Gasteiger partial charge is 0.327 e. The van der Waals surface area contributed by atoms with Crippen LogP contribution in [-0.2, 0) is 9.59 Å². The number of carboxylic acids is 1. The van der Waals surface area contributed by atoms with Gasteiger partial charge in [-0.3, -0.25) is 14.5 Å². The van der Waals surface area contributed by atoms with E-state index in [4.69, 9.17) is 0 Å². The molecule has 0 spiro atoms. The first-order valence-corrected chi connectivity index (χ1v) is 9.29. The van der Waals surface area contributed by atoms with Crippen LogP contribution in [-0.4, -0.2) is 70.4 Å². The van der Waals surface area contributed by atoms with E-state index in [0.717, 1.165) is 6.54 Å². The van der Waals surface area contributed by atoms with Gasteiger partial charge < -0.3 is 15.3 Å². The Morgan fingerprint density at radius 2 is 1.85 bits per heavy atom. The zero-order valence-corrected chi connectivity index (χ0v) is 15.4. The molecule has 1 fully saturated rings. The second-order valence-electron chi connectivity index (χ2n) is 6.94. The van der Waals surface area contributed by atoms with E-state index in [1.807, 2.05) is 25.1 Å². The molecule has 0 aliphatic carbocycles. The number of benzene rings is 1. The lowest BCUT2D eigenvalue weighted by Gasteiger charge is -2.46. The average Bonchev–Trinajstić information content (AvgIpc) is 2.68. The van der Waals surface area contributed by atoms with Gasteiger partial charge in [-0.05, 0) is 31.5 Å².